The molecule has 1 heterocycles. The molecule has 0 bridgehead atoms. The smallest absolute Gasteiger partial charge is 0.254 e. The van der Waals surface area contributed by atoms with Gasteiger partial charge in [-0.1, -0.05) is 13.8 Å². The van der Waals surface area contributed by atoms with Crippen molar-refractivity contribution < 1.29 is 4.79 Å². The highest BCUT2D eigenvalue weighted by molar-refractivity contribution is 6.06. The molecule has 4 heteroatoms. The van der Waals surface area contributed by atoms with Gasteiger partial charge in [0.1, 0.15) is 5.54 Å². The van der Waals surface area contributed by atoms with Crippen LogP contribution in [0.3, 0.4) is 0 Å². The maximum Gasteiger partial charge on any atom is 0.254 e. The highest BCUT2D eigenvalue weighted by Gasteiger charge is 2.45. The fraction of sp³-hybridized carbons (Fsp3) is 0.818. The summed E-state index contributed by atoms with van der Waals surface area (Å²) in [6, 6.07) is 0. The van der Waals surface area contributed by atoms with Crippen molar-refractivity contribution in [2.75, 3.05) is 0 Å². The third-order valence-electron chi connectivity index (χ3n) is 3.80. The number of guanidine groups is 1. The van der Waals surface area contributed by atoms with E-state index in [1.54, 1.807) is 0 Å². The first-order valence-corrected chi connectivity index (χ1v) is 5.70. The van der Waals surface area contributed by atoms with Crippen LogP contribution < -0.4 is 11.1 Å². The number of nitrogens with zero attached hydrogens (tertiary/aromatic N) is 1. The maximum absolute atomic E-state index is 11.7. The van der Waals surface area contributed by atoms with Crippen molar-refractivity contribution in [3.63, 3.8) is 0 Å². The second-order valence-corrected chi connectivity index (χ2v) is 5.06. The van der Waals surface area contributed by atoms with Gasteiger partial charge in [-0.25, -0.2) is 4.99 Å². The molecule has 1 fully saturated rings. The number of aliphatic imine (C=N–C) groups is 1. The molecule has 1 spiro atoms. The Bertz CT molecular complexity index is 301. The van der Waals surface area contributed by atoms with Crippen LogP contribution in [-0.4, -0.2) is 17.4 Å². The second kappa shape index (κ2) is 3.51. The predicted octanol–water partition coefficient (Wildman–Crippen LogP) is 1.02. The number of nitrogens with one attached hydrogen (secondary N) is 1. The topological polar surface area (TPSA) is 67.5 Å². The number of nitrogens with two attached hydrogens (primary N) is 1. The first kappa shape index (κ1) is 10.5. The number of amides is 1. The van der Waals surface area contributed by atoms with Gasteiger partial charge in [-0.3, -0.25) is 10.1 Å². The van der Waals surface area contributed by atoms with Crippen LogP contribution in [0.2, 0.25) is 0 Å². The van der Waals surface area contributed by atoms with E-state index in [-0.39, 0.29) is 5.91 Å². The van der Waals surface area contributed by atoms with Gasteiger partial charge >= 0.3 is 0 Å². The lowest BCUT2D eigenvalue weighted by Crippen LogP contribution is -2.43. The van der Waals surface area contributed by atoms with Gasteiger partial charge in [-0.15, -0.1) is 0 Å². The molecule has 0 aromatic rings. The van der Waals surface area contributed by atoms with E-state index in [0.29, 0.717) is 11.9 Å². The number of rotatable bonds is 1. The van der Waals surface area contributed by atoms with E-state index in [1.807, 2.05) is 0 Å². The Morgan fingerprint density at radius 2 is 2.07 bits per heavy atom. The third-order valence-corrected chi connectivity index (χ3v) is 3.80. The highest BCUT2D eigenvalue weighted by Crippen LogP contribution is 2.39. The normalized spacial score (nSPS) is 35.8. The van der Waals surface area contributed by atoms with Gasteiger partial charge in [0, 0.05) is 0 Å². The Kier molecular flexibility index (Phi) is 2.44. The Morgan fingerprint density at radius 3 is 2.47 bits per heavy atom. The van der Waals surface area contributed by atoms with Gasteiger partial charge in [0.2, 0.25) is 0 Å². The Morgan fingerprint density at radius 1 is 1.47 bits per heavy atom. The second-order valence-electron chi connectivity index (χ2n) is 5.06. The summed E-state index contributed by atoms with van der Waals surface area (Å²) in [6.45, 7) is 4.49. The quantitative estimate of drug-likeness (QED) is 0.677. The molecule has 0 aromatic heterocycles. The van der Waals surface area contributed by atoms with Crippen molar-refractivity contribution in [1.82, 2.24) is 5.32 Å². The van der Waals surface area contributed by atoms with Crippen LogP contribution >= 0.6 is 0 Å². The molecule has 0 saturated heterocycles. The molecule has 4 nitrogen and oxygen atoms in total. The van der Waals surface area contributed by atoms with E-state index in [9.17, 15) is 4.79 Å². The van der Waals surface area contributed by atoms with Crippen LogP contribution in [0, 0.1) is 11.8 Å². The van der Waals surface area contributed by atoms with Gasteiger partial charge in [0.25, 0.3) is 5.91 Å². The van der Waals surface area contributed by atoms with Crippen molar-refractivity contribution in [1.29, 1.82) is 0 Å². The number of carbonyl (C=O) groups is 1. The average molecular weight is 209 g/mol. The molecule has 3 N–H and O–H groups in total. The first-order chi connectivity index (χ1) is 7.03. The van der Waals surface area contributed by atoms with Gasteiger partial charge in [-0.2, -0.15) is 0 Å². The summed E-state index contributed by atoms with van der Waals surface area (Å²) in [5, 5.41) is 2.61. The molecule has 2 rings (SSSR count). The average Bonchev–Trinajstić information content (AvgIpc) is 2.42. The van der Waals surface area contributed by atoms with E-state index in [4.69, 9.17) is 5.73 Å². The standard InChI is InChI=1S/C11H19N3O/c1-7(2)8-3-5-11(6-4-8)9(15)13-10(12)14-11/h7-8H,3-6H2,1-2H3,(H3,12,13,14,15). The Balaban J connectivity index is 2.06. The molecule has 0 unspecified atom stereocenters. The zero-order chi connectivity index (χ0) is 11.1. The van der Waals surface area contributed by atoms with Gasteiger partial charge in [-0.05, 0) is 37.5 Å². The fourth-order valence-electron chi connectivity index (χ4n) is 2.67. The molecule has 0 radical (unpaired) electrons. The lowest BCUT2D eigenvalue weighted by atomic mass is 9.73. The van der Waals surface area contributed by atoms with Crippen molar-refractivity contribution in [3.8, 4) is 0 Å². The zero-order valence-corrected chi connectivity index (χ0v) is 9.42. The maximum atomic E-state index is 11.7. The van der Waals surface area contributed by atoms with E-state index in [2.05, 4.69) is 24.2 Å². The molecule has 15 heavy (non-hydrogen) atoms. The summed E-state index contributed by atoms with van der Waals surface area (Å²) in [5.74, 6) is 1.73. The van der Waals surface area contributed by atoms with Crippen LogP contribution in [0.4, 0.5) is 0 Å². The van der Waals surface area contributed by atoms with Crippen LogP contribution in [0.1, 0.15) is 39.5 Å². The number of carbonyl (C=O) groups excluding carboxylic acids is 1. The minimum atomic E-state index is -0.518. The molecule has 1 aliphatic carbocycles. The molecule has 1 aliphatic heterocycles. The van der Waals surface area contributed by atoms with Gasteiger partial charge < -0.3 is 5.73 Å². The van der Waals surface area contributed by atoms with Crippen LogP contribution in [-0.2, 0) is 4.79 Å². The highest BCUT2D eigenvalue weighted by atomic mass is 16.2. The lowest BCUT2D eigenvalue weighted by Gasteiger charge is -2.34. The van der Waals surface area contributed by atoms with Crippen molar-refractivity contribution in [3.05, 3.63) is 0 Å². The lowest BCUT2D eigenvalue weighted by molar-refractivity contribution is -0.125. The van der Waals surface area contributed by atoms with Crippen LogP contribution in [0.25, 0.3) is 0 Å². The third kappa shape index (κ3) is 1.73. The summed E-state index contributed by atoms with van der Waals surface area (Å²) < 4.78 is 0. The SMILES string of the molecule is CC(C)C1CCC2(CC1)N=C(N)NC2=O. The van der Waals surface area contributed by atoms with E-state index in [0.717, 1.165) is 31.6 Å². The summed E-state index contributed by atoms with van der Waals surface area (Å²) in [4.78, 5) is 16.0. The molecular formula is C11H19N3O. The zero-order valence-electron chi connectivity index (χ0n) is 9.42. The summed E-state index contributed by atoms with van der Waals surface area (Å²) >= 11 is 0. The van der Waals surface area contributed by atoms with Gasteiger partial charge in [0.05, 0.1) is 0 Å². The summed E-state index contributed by atoms with van der Waals surface area (Å²) in [7, 11) is 0. The van der Waals surface area contributed by atoms with Crippen LogP contribution in [0.15, 0.2) is 4.99 Å². The van der Waals surface area contributed by atoms with E-state index < -0.39 is 5.54 Å². The Hall–Kier alpha value is -1.06. The van der Waals surface area contributed by atoms with Gasteiger partial charge in [0.15, 0.2) is 5.96 Å². The molecule has 2 aliphatic rings. The molecule has 84 valence electrons. The molecular weight excluding hydrogens is 190 g/mol. The fourth-order valence-corrected chi connectivity index (χ4v) is 2.67. The molecule has 0 atom stereocenters. The van der Waals surface area contributed by atoms with Crippen LogP contribution in [0.5, 0.6) is 0 Å². The van der Waals surface area contributed by atoms with E-state index in [1.165, 1.54) is 0 Å². The summed E-state index contributed by atoms with van der Waals surface area (Å²) in [6.07, 6.45) is 3.87. The number of hydrogen-bond donors (Lipinski definition) is 2. The Labute approximate surface area is 90.3 Å². The minimum absolute atomic E-state index is 0.00204. The van der Waals surface area contributed by atoms with E-state index >= 15 is 0 Å². The number of hydrogen-bond acceptors (Lipinski definition) is 3. The predicted molar refractivity (Wildman–Crippen MR) is 59.3 cm³/mol. The van der Waals surface area contributed by atoms with Crippen molar-refractivity contribution >= 4 is 11.9 Å². The minimum Gasteiger partial charge on any atom is -0.370 e. The molecule has 0 aromatic carbocycles. The molecule has 1 saturated carbocycles. The molecule has 1 amide bonds. The summed E-state index contributed by atoms with van der Waals surface area (Å²) in [5.41, 5.74) is 5.02. The monoisotopic (exact) mass is 209 g/mol. The van der Waals surface area contributed by atoms with Crippen molar-refractivity contribution in [2.24, 2.45) is 22.6 Å². The largest absolute Gasteiger partial charge is 0.370 e. The first-order valence-electron chi connectivity index (χ1n) is 5.70. The van der Waals surface area contributed by atoms with Crippen molar-refractivity contribution in [2.45, 2.75) is 45.1 Å².